The van der Waals surface area contributed by atoms with Crippen molar-refractivity contribution in [1.29, 1.82) is 0 Å². The number of rotatable bonds is 10. The van der Waals surface area contributed by atoms with Gasteiger partial charge in [-0.05, 0) is 30.9 Å². The van der Waals surface area contributed by atoms with Gasteiger partial charge in [0.25, 0.3) is 0 Å². The van der Waals surface area contributed by atoms with E-state index in [1.807, 2.05) is 24.3 Å². The van der Waals surface area contributed by atoms with Crippen LogP contribution in [0, 0.1) is 0 Å². The van der Waals surface area contributed by atoms with Crippen LogP contribution >= 0.6 is 0 Å². The summed E-state index contributed by atoms with van der Waals surface area (Å²) in [6, 6.07) is 4.07. The first kappa shape index (κ1) is 24.7. The van der Waals surface area contributed by atoms with Gasteiger partial charge in [0.05, 0.1) is 19.0 Å². The third kappa shape index (κ3) is 5.90. The Morgan fingerprint density at radius 3 is 2.62 bits per heavy atom. The lowest BCUT2D eigenvalue weighted by Crippen LogP contribution is -2.54. The predicted molar refractivity (Wildman–Crippen MR) is 120 cm³/mol. The average Bonchev–Trinajstić information content (AvgIpc) is 3.44. The largest absolute Gasteiger partial charge is 0.481 e. The second kappa shape index (κ2) is 10.8. The van der Waals surface area contributed by atoms with Crippen molar-refractivity contribution in [2.24, 2.45) is 5.73 Å². The molecule has 1 aromatic heterocycles. The number of para-hydroxylation sites is 1. The van der Waals surface area contributed by atoms with E-state index in [0.29, 0.717) is 6.42 Å². The second-order valence-electron chi connectivity index (χ2n) is 8.13. The third-order valence-electron chi connectivity index (χ3n) is 5.71. The smallest absolute Gasteiger partial charge is 0.326 e. The lowest BCUT2D eigenvalue weighted by atomic mass is 10.1. The molecule has 34 heavy (non-hydrogen) atoms. The van der Waals surface area contributed by atoms with Gasteiger partial charge in [-0.25, -0.2) is 4.79 Å². The van der Waals surface area contributed by atoms with E-state index < -0.39 is 60.8 Å². The number of H-pyrrole nitrogens is 1. The van der Waals surface area contributed by atoms with Crippen LogP contribution in [0.2, 0.25) is 0 Å². The van der Waals surface area contributed by atoms with Crippen molar-refractivity contribution in [3.63, 3.8) is 0 Å². The highest BCUT2D eigenvalue weighted by molar-refractivity contribution is 5.94. The van der Waals surface area contributed by atoms with Gasteiger partial charge in [0.15, 0.2) is 0 Å². The van der Waals surface area contributed by atoms with Gasteiger partial charge in [-0.15, -0.1) is 0 Å². The first-order chi connectivity index (χ1) is 16.2. The number of nitrogens with two attached hydrogens (primary N) is 1. The summed E-state index contributed by atoms with van der Waals surface area (Å²) in [5.41, 5.74) is 7.72. The van der Waals surface area contributed by atoms with Crippen molar-refractivity contribution >= 4 is 40.6 Å². The summed E-state index contributed by atoms with van der Waals surface area (Å²) in [6.45, 7) is -0.368. The first-order valence-corrected chi connectivity index (χ1v) is 10.8. The van der Waals surface area contributed by atoms with Crippen LogP contribution in [-0.2, 0) is 30.4 Å². The molecular formula is C22H27N5O7. The average molecular weight is 473 g/mol. The summed E-state index contributed by atoms with van der Waals surface area (Å²) in [4.78, 5) is 64.2. The molecule has 0 aliphatic carbocycles. The van der Waals surface area contributed by atoms with E-state index >= 15 is 0 Å². The lowest BCUT2D eigenvalue weighted by molar-refractivity contribution is -0.150. The molecule has 3 atom stereocenters. The number of hydrogen-bond donors (Lipinski definition) is 6. The minimum absolute atomic E-state index is 0.154. The molecule has 3 amide bonds. The maximum Gasteiger partial charge on any atom is 0.326 e. The van der Waals surface area contributed by atoms with Crippen LogP contribution in [0.25, 0.3) is 10.9 Å². The first-order valence-electron chi connectivity index (χ1n) is 10.8. The number of hydrogen-bond acceptors (Lipinski definition) is 6. The number of carbonyl (C=O) groups is 5. The standard InChI is InChI=1S/C22H27N5O7/c23-14(8-12-10-24-15-5-2-1-4-13(12)15)20(31)25-11-18(28)26-16(9-19(29)30)21(32)27-7-3-6-17(27)22(33)34/h1-2,4-5,10,14,16-17,24H,3,6-9,11,23H2,(H,25,31)(H,26,28)(H,29,30)(H,33,34). The number of amides is 3. The fourth-order valence-electron chi connectivity index (χ4n) is 4.04. The van der Waals surface area contributed by atoms with Crippen LogP contribution in [0.1, 0.15) is 24.8 Å². The van der Waals surface area contributed by atoms with E-state index in [9.17, 15) is 29.1 Å². The molecule has 12 nitrogen and oxygen atoms in total. The Morgan fingerprint density at radius 2 is 1.91 bits per heavy atom. The normalized spacial score (nSPS) is 17.2. The molecular weight excluding hydrogens is 446 g/mol. The molecule has 1 aromatic carbocycles. The number of carbonyl (C=O) groups excluding carboxylic acids is 3. The summed E-state index contributed by atoms with van der Waals surface area (Å²) in [5, 5.41) is 24.0. The van der Waals surface area contributed by atoms with Crippen LogP contribution in [0.4, 0.5) is 0 Å². The molecule has 3 unspecified atom stereocenters. The molecule has 0 radical (unpaired) electrons. The van der Waals surface area contributed by atoms with E-state index in [0.717, 1.165) is 21.4 Å². The van der Waals surface area contributed by atoms with Crippen LogP contribution < -0.4 is 16.4 Å². The van der Waals surface area contributed by atoms with E-state index in [1.165, 1.54) is 0 Å². The molecule has 1 saturated heterocycles. The molecule has 7 N–H and O–H groups in total. The van der Waals surface area contributed by atoms with Gasteiger partial charge >= 0.3 is 11.9 Å². The number of likely N-dealkylation sites (tertiary alicyclic amines) is 1. The fourth-order valence-corrected chi connectivity index (χ4v) is 4.04. The Hall–Kier alpha value is -3.93. The number of benzene rings is 1. The van der Waals surface area contributed by atoms with Crippen molar-refractivity contribution in [2.75, 3.05) is 13.1 Å². The number of carboxylic acid groups (broad SMARTS) is 2. The molecule has 2 heterocycles. The number of aliphatic carboxylic acids is 2. The molecule has 0 saturated carbocycles. The van der Waals surface area contributed by atoms with Gasteiger partial charge < -0.3 is 36.5 Å². The summed E-state index contributed by atoms with van der Waals surface area (Å²) >= 11 is 0. The lowest BCUT2D eigenvalue weighted by Gasteiger charge is -2.26. The van der Waals surface area contributed by atoms with Crippen LogP contribution in [-0.4, -0.2) is 81.0 Å². The Labute approximate surface area is 194 Å². The maximum absolute atomic E-state index is 12.7. The number of carboxylic acids is 2. The fraction of sp³-hybridized carbons (Fsp3) is 0.409. The van der Waals surface area contributed by atoms with E-state index in [-0.39, 0.29) is 19.4 Å². The monoisotopic (exact) mass is 473 g/mol. The molecule has 1 aliphatic heterocycles. The highest BCUT2D eigenvalue weighted by atomic mass is 16.4. The second-order valence-corrected chi connectivity index (χ2v) is 8.13. The zero-order valence-electron chi connectivity index (χ0n) is 18.3. The van der Waals surface area contributed by atoms with Gasteiger partial charge in [0.2, 0.25) is 17.7 Å². The summed E-state index contributed by atoms with van der Waals surface area (Å²) < 4.78 is 0. The molecule has 2 aromatic rings. The molecule has 1 fully saturated rings. The minimum atomic E-state index is -1.46. The van der Waals surface area contributed by atoms with Gasteiger partial charge in [-0.1, -0.05) is 18.2 Å². The molecule has 3 rings (SSSR count). The number of nitrogens with one attached hydrogen (secondary N) is 3. The van der Waals surface area contributed by atoms with Gasteiger partial charge in [0, 0.05) is 23.6 Å². The summed E-state index contributed by atoms with van der Waals surface area (Å²) in [6.07, 6.45) is 1.97. The van der Waals surface area contributed by atoms with Crippen LogP contribution in [0.15, 0.2) is 30.5 Å². The topological polar surface area (TPSA) is 195 Å². The highest BCUT2D eigenvalue weighted by Crippen LogP contribution is 2.20. The quantitative estimate of drug-likeness (QED) is 0.258. The van der Waals surface area contributed by atoms with E-state index in [2.05, 4.69) is 15.6 Å². The molecule has 182 valence electrons. The van der Waals surface area contributed by atoms with Crippen molar-refractivity contribution in [1.82, 2.24) is 20.5 Å². The van der Waals surface area contributed by atoms with E-state index in [4.69, 9.17) is 10.8 Å². The number of aromatic amines is 1. The molecule has 1 aliphatic rings. The Kier molecular flexibility index (Phi) is 7.84. The van der Waals surface area contributed by atoms with Gasteiger partial charge in [-0.2, -0.15) is 0 Å². The number of fused-ring (bicyclic) bond motifs is 1. The van der Waals surface area contributed by atoms with Crippen molar-refractivity contribution in [3.05, 3.63) is 36.0 Å². The highest BCUT2D eigenvalue weighted by Gasteiger charge is 2.38. The van der Waals surface area contributed by atoms with E-state index in [1.54, 1.807) is 6.20 Å². The minimum Gasteiger partial charge on any atom is -0.481 e. The SMILES string of the molecule is NC(Cc1c[nH]c2ccccc12)C(=O)NCC(=O)NC(CC(=O)O)C(=O)N1CCCC1C(=O)O. The van der Waals surface area contributed by atoms with Crippen LogP contribution in [0.3, 0.4) is 0 Å². The van der Waals surface area contributed by atoms with Gasteiger partial charge in [-0.3, -0.25) is 19.2 Å². The van der Waals surface area contributed by atoms with Crippen molar-refractivity contribution < 1.29 is 34.2 Å². The third-order valence-corrected chi connectivity index (χ3v) is 5.71. The molecule has 0 spiro atoms. The predicted octanol–water partition coefficient (Wildman–Crippen LogP) is -0.811. The number of aromatic nitrogens is 1. The summed E-state index contributed by atoms with van der Waals surface area (Å²) in [7, 11) is 0. The zero-order chi connectivity index (χ0) is 24.8. The maximum atomic E-state index is 12.7. The number of nitrogens with zero attached hydrogens (tertiary/aromatic N) is 1. The Balaban J connectivity index is 1.55. The van der Waals surface area contributed by atoms with Crippen LogP contribution in [0.5, 0.6) is 0 Å². The summed E-state index contributed by atoms with van der Waals surface area (Å²) in [5.74, 6) is -4.70. The molecule has 12 heteroatoms. The molecule has 0 bridgehead atoms. The van der Waals surface area contributed by atoms with Crippen molar-refractivity contribution in [2.45, 2.75) is 43.8 Å². The Bertz CT molecular complexity index is 1100. The zero-order valence-corrected chi connectivity index (χ0v) is 18.3. The van der Waals surface area contributed by atoms with Gasteiger partial charge in [0.1, 0.15) is 12.1 Å². The Morgan fingerprint density at radius 1 is 1.18 bits per heavy atom. The van der Waals surface area contributed by atoms with Crippen molar-refractivity contribution in [3.8, 4) is 0 Å².